The number of nitrogens with one attached hydrogen (secondary N) is 2. The van der Waals surface area contributed by atoms with Crippen molar-refractivity contribution in [3.8, 4) is 0 Å². The Hall–Kier alpha value is -1.79. The Kier molecular flexibility index (Phi) is 4.69. The molecule has 114 valence electrons. The van der Waals surface area contributed by atoms with Crippen LogP contribution in [0.1, 0.15) is 24.0 Å². The first-order valence-corrected chi connectivity index (χ1v) is 8.30. The van der Waals surface area contributed by atoms with Gasteiger partial charge in [0.1, 0.15) is 16.4 Å². The normalized spacial score (nSPS) is 11.6. The van der Waals surface area contributed by atoms with Crippen LogP contribution in [-0.2, 0) is 23.0 Å². The van der Waals surface area contributed by atoms with E-state index in [2.05, 4.69) is 10.0 Å². The van der Waals surface area contributed by atoms with Crippen molar-refractivity contribution >= 4 is 15.7 Å². The third-order valence-electron chi connectivity index (χ3n) is 3.15. The minimum absolute atomic E-state index is 0.176. The van der Waals surface area contributed by atoms with Gasteiger partial charge < -0.3 is 9.73 Å². The summed E-state index contributed by atoms with van der Waals surface area (Å²) < 4.78 is 32.9. The molecular formula is C15H20N2O3S. The molecule has 0 unspecified atom stereocenters. The lowest BCUT2D eigenvalue weighted by Crippen LogP contribution is -2.13. The average molecular weight is 308 g/mol. The maximum Gasteiger partial charge on any atom is 0.265 e. The van der Waals surface area contributed by atoms with Crippen LogP contribution in [0.4, 0.5) is 5.69 Å². The van der Waals surface area contributed by atoms with E-state index < -0.39 is 10.0 Å². The number of furan rings is 1. The highest BCUT2D eigenvalue weighted by Crippen LogP contribution is 2.23. The first-order valence-electron chi connectivity index (χ1n) is 6.82. The van der Waals surface area contributed by atoms with Crippen molar-refractivity contribution in [2.75, 3.05) is 11.8 Å². The number of aryl methyl sites for hydroxylation is 2. The van der Waals surface area contributed by atoms with E-state index >= 15 is 0 Å². The molecule has 5 nitrogen and oxygen atoms in total. The molecule has 2 aromatic rings. The number of hydrogen-bond donors (Lipinski definition) is 2. The van der Waals surface area contributed by atoms with Crippen molar-refractivity contribution in [2.45, 2.75) is 31.7 Å². The molecule has 0 spiro atoms. The van der Waals surface area contributed by atoms with Crippen LogP contribution < -0.4 is 10.0 Å². The largest absolute Gasteiger partial charge is 0.464 e. The zero-order valence-corrected chi connectivity index (χ0v) is 13.3. The molecule has 0 bridgehead atoms. The SMILES string of the molecule is CCc1cccc(NS(=O)(=O)c2cc(CNC)oc2C)c1. The molecule has 1 aromatic heterocycles. The van der Waals surface area contributed by atoms with Gasteiger partial charge in [0.2, 0.25) is 0 Å². The van der Waals surface area contributed by atoms with Crippen molar-refractivity contribution in [2.24, 2.45) is 0 Å². The van der Waals surface area contributed by atoms with E-state index in [0.29, 0.717) is 23.8 Å². The Morgan fingerprint density at radius 3 is 2.67 bits per heavy atom. The molecule has 0 aliphatic rings. The molecule has 1 heterocycles. The molecule has 2 N–H and O–H groups in total. The van der Waals surface area contributed by atoms with E-state index in [9.17, 15) is 8.42 Å². The van der Waals surface area contributed by atoms with Gasteiger partial charge in [0, 0.05) is 11.8 Å². The Labute approximate surface area is 125 Å². The minimum atomic E-state index is -3.64. The maximum absolute atomic E-state index is 12.4. The van der Waals surface area contributed by atoms with Crippen LogP contribution in [0.15, 0.2) is 39.6 Å². The van der Waals surface area contributed by atoms with E-state index in [-0.39, 0.29) is 4.90 Å². The zero-order chi connectivity index (χ0) is 15.5. The van der Waals surface area contributed by atoms with Crippen molar-refractivity contribution in [1.82, 2.24) is 5.32 Å². The van der Waals surface area contributed by atoms with Gasteiger partial charge in [-0.05, 0) is 38.1 Å². The predicted molar refractivity (Wildman–Crippen MR) is 82.8 cm³/mol. The topological polar surface area (TPSA) is 71.3 Å². The van der Waals surface area contributed by atoms with Crippen LogP contribution in [-0.4, -0.2) is 15.5 Å². The summed E-state index contributed by atoms with van der Waals surface area (Å²) in [5, 5.41) is 2.93. The quantitative estimate of drug-likeness (QED) is 0.860. The fourth-order valence-electron chi connectivity index (χ4n) is 2.12. The summed E-state index contributed by atoms with van der Waals surface area (Å²) in [6.07, 6.45) is 0.854. The summed E-state index contributed by atoms with van der Waals surface area (Å²) in [5.41, 5.74) is 1.64. The first-order chi connectivity index (χ1) is 9.96. The molecule has 0 saturated carbocycles. The summed E-state index contributed by atoms with van der Waals surface area (Å²) in [4.78, 5) is 0.176. The molecule has 21 heavy (non-hydrogen) atoms. The van der Waals surface area contributed by atoms with Crippen molar-refractivity contribution in [1.29, 1.82) is 0 Å². The average Bonchev–Trinajstić information content (AvgIpc) is 2.81. The van der Waals surface area contributed by atoms with E-state index in [0.717, 1.165) is 12.0 Å². The lowest BCUT2D eigenvalue weighted by atomic mass is 10.1. The first kappa shape index (κ1) is 15.6. The van der Waals surface area contributed by atoms with E-state index in [1.165, 1.54) is 0 Å². The third kappa shape index (κ3) is 3.65. The van der Waals surface area contributed by atoms with Gasteiger partial charge in [-0.25, -0.2) is 8.42 Å². The Bertz CT molecular complexity index is 720. The number of sulfonamides is 1. The van der Waals surface area contributed by atoms with E-state index in [1.807, 2.05) is 25.1 Å². The highest BCUT2D eigenvalue weighted by atomic mass is 32.2. The second-order valence-electron chi connectivity index (χ2n) is 4.82. The number of anilines is 1. The van der Waals surface area contributed by atoms with Crippen molar-refractivity contribution in [3.05, 3.63) is 47.4 Å². The fourth-order valence-corrected chi connectivity index (χ4v) is 3.37. The highest BCUT2D eigenvalue weighted by molar-refractivity contribution is 7.92. The third-order valence-corrected chi connectivity index (χ3v) is 4.64. The molecule has 0 radical (unpaired) electrons. The molecule has 2 rings (SSSR count). The lowest BCUT2D eigenvalue weighted by molar-refractivity contribution is 0.466. The van der Waals surface area contributed by atoms with Gasteiger partial charge in [0.25, 0.3) is 10.0 Å². The number of benzene rings is 1. The van der Waals surface area contributed by atoms with Crippen LogP contribution in [0, 0.1) is 6.92 Å². The second kappa shape index (κ2) is 6.32. The van der Waals surface area contributed by atoms with Gasteiger partial charge in [0.15, 0.2) is 0 Å². The van der Waals surface area contributed by atoms with Gasteiger partial charge in [-0.3, -0.25) is 4.72 Å². The van der Waals surface area contributed by atoms with Crippen LogP contribution in [0.2, 0.25) is 0 Å². The molecule has 0 aliphatic carbocycles. The van der Waals surface area contributed by atoms with Crippen LogP contribution in [0.5, 0.6) is 0 Å². The Morgan fingerprint density at radius 1 is 1.24 bits per heavy atom. The second-order valence-corrected chi connectivity index (χ2v) is 6.47. The molecule has 0 fully saturated rings. The Morgan fingerprint density at radius 2 is 2.00 bits per heavy atom. The summed E-state index contributed by atoms with van der Waals surface area (Å²) in [5.74, 6) is 0.983. The lowest BCUT2D eigenvalue weighted by Gasteiger charge is -2.08. The molecule has 0 amide bonds. The Balaban J connectivity index is 2.29. The van der Waals surface area contributed by atoms with E-state index in [1.54, 1.807) is 26.1 Å². The minimum Gasteiger partial charge on any atom is -0.464 e. The molecule has 1 aromatic carbocycles. The highest BCUT2D eigenvalue weighted by Gasteiger charge is 2.21. The van der Waals surface area contributed by atoms with Crippen molar-refractivity contribution < 1.29 is 12.8 Å². The van der Waals surface area contributed by atoms with Gasteiger partial charge in [-0.1, -0.05) is 19.1 Å². The summed E-state index contributed by atoms with van der Waals surface area (Å²) >= 11 is 0. The predicted octanol–water partition coefficient (Wildman–Crippen LogP) is 2.67. The van der Waals surface area contributed by atoms with Gasteiger partial charge in [0.05, 0.1) is 6.54 Å². The molecule has 0 atom stereocenters. The smallest absolute Gasteiger partial charge is 0.265 e. The molecule has 0 saturated heterocycles. The van der Waals surface area contributed by atoms with Gasteiger partial charge in [-0.15, -0.1) is 0 Å². The maximum atomic E-state index is 12.4. The zero-order valence-electron chi connectivity index (χ0n) is 12.4. The molecule has 6 heteroatoms. The van der Waals surface area contributed by atoms with Crippen molar-refractivity contribution in [3.63, 3.8) is 0 Å². The molecule has 0 aliphatic heterocycles. The van der Waals surface area contributed by atoms with Crippen LogP contribution in [0.3, 0.4) is 0 Å². The van der Waals surface area contributed by atoms with Gasteiger partial charge in [-0.2, -0.15) is 0 Å². The van der Waals surface area contributed by atoms with Crippen LogP contribution in [0.25, 0.3) is 0 Å². The summed E-state index contributed by atoms with van der Waals surface area (Å²) in [6, 6.07) is 8.93. The summed E-state index contributed by atoms with van der Waals surface area (Å²) in [6.45, 7) is 4.16. The summed E-state index contributed by atoms with van der Waals surface area (Å²) in [7, 11) is -1.86. The van der Waals surface area contributed by atoms with Gasteiger partial charge >= 0.3 is 0 Å². The number of rotatable bonds is 6. The molecular weight excluding hydrogens is 288 g/mol. The standard InChI is InChI=1S/C15H20N2O3S/c1-4-12-6-5-7-13(8-12)17-21(18,19)15-9-14(10-16-3)20-11(15)2/h5-9,16-17H,4,10H2,1-3H3. The van der Waals surface area contributed by atoms with Crippen LogP contribution >= 0.6 is 0 Å². The number of hydrogen-bond acceptors (Lipinski definition) is 4. The monoisotopic (exact) mass is 308 g/mol. The van der Waals surface area contributed by atoms with E-state index in [4.69, 9.17) is 4.42 Å². The fraction of sp³-hybridized carbons (Fsp3) is 0.333.